The number of hydrogen-bond acceptors (Lipinski definition) is 5. The zero-order chi connectivity index (χ0) is 10.5. The lowest BCUT2D eigenvalue weighted by molar-refractivity contribution is 0.273. The van der Waals surface area contributed by atoms with Crippen molar-refractivity contribution >= 4 is 11.8 Å². The minimum Gasteiger partial charge on any atom is -0.396 e. The van der Waals surface area contributed by atoms with E-state index in [-0.39, 0.29) is 6.61 Å². The van der Waals surface area contributed by atoms with Crippen LogP contribution in [0.4, 0.5) is 0 Å². The number of hydrogen-bond donors (Lipinski definition) is 1. The summed E-state index contributed by atoms with van der Waals surface area (Å²) in [4.78, 5) is 4.25. The fraction of sp³-hybridized carbons (Fsp3) is 0.800. The van der Waals surface area contributed by atoms with Gasteiger partial charge in [0.15, 0.2) is 5.82 Å². The Balaban J connectivity index is 1.86. The minimum atomic E-state index is 0.0711. The topological polar surface area (TPSA) is 59.2 Å². The molecule has 1 aromatic rings. The third kappa shape index (κ3) is 3.21. The molecule has 1 aliphatic heterocycles. The third-order valence-corrected chi connectivity index (χ3v) is 3.70. The molecule has 1 fully saturated rings. The van der Waals surface area contributed by atoms with Crippen molar-refractivity contribution in [2.24, 2.45) is 5.92 Å². The van der Waals surface area contributed by atoms with E-state index in [0.717, 1.165) is 12.2 Å². The highest BCUT2D eigenvalue weighted by molar-refractivity contribution is 7.99. The largest absolute Gasteiger partial charge is 0.396 e. The summed E-state index contributed by atoms with van der Waals surface area (Å²) in [6, 6.07) is 0. The normalized spacial score (nSPS) is 18.2. The Morgan fingerprint density at radius 2 is 2.20 bits per heavy atom. The summed E-state index contributed by atoms with van der Waals surface area (Å²) in [5.74, 6) is 4.58. The van der Waals surface area contributed by atoms with E-state index in [2.05, 4.69) is 10.1 Å². The Hall–Kier alpha value is -0.550. The number of thioether (sulfide) groups is 1. The van der Waals surface area contributed by atoms with Gasteiger partial charge >= 0.3 is 0 Å². The number of nitrogens with zero attached hydrogens (tertiary/aromatic N) is 2. The molecule has 0 aliphatic carbocycles. The summed E-state index contributed by atoms with van der Waals surface area (Å²) in [5, 5.41) is 12.6. The van der Waals surface area contributed by atoms with Crippen LogP contribution in [0.15, 0.2) is 4.52 Å². The highest BCUT2D eigenvalue weighted by Gasteiger charge is 2.17. The Labute approximate surface area is 93.4 Å². The Morgan fingerprint density at radius 3 is 2.93 bits per heavy atom. The molecule has 1 N–H and O–H groups in total. The van der Waals surface area contributed by atoms with Crippen molar-refractivity contribution < 1.29 is 9.63 Å². The second-order valence-corrected chi connectivity index (χ2v) is 5.06. The fourth-order valence-electron chi connectivity index (χ4n) is 1.78. The standard InChI is InChI=1S/C10H16N2O2S/c13-4-1-10-11-9(12-14-10)7-8-2-5-15-6-3-8/h8,13H,1-7H2. The summed E-state index contributed by atoms with van der Waals surface area (Å²) >= 11 is 2.03. The molecule has 1 aliphatic rings. The monoisotopic (exact) mass is 228 g/mol. The number of aromatic nitrogens is 2. The highest BCUT2D eigenvalue weighted by Crippen LogP contribution is 2.24. The minimum absolute atomic E-state index is 0.0711. The molecule has 0 radical (unpaired) electrons. The van der Waals surface area contributed by atoms with Crippen LogP contribution in [0.2, 0.25) is 0 Å². The van der Waals surface area contributed by atoms with Gasteiger partial charge in [-0.05, 0) is 30.3 Å². The first kappa shape index (κ1) is 11.0. The van der Waals surface area contributed by atoms with Crippen LogP contribution in [0, 0.1) is 5.92 Å². The maximum Gasteiger partial charge on any atom is 0.228 e. The molecule has 84 valence electrons. The number of aliphatic hydroxyl groups is 1. The van der Waals surface area contributed by atoms with Gasteiger partial charge in [0.05, 0.1) is 13.0 Å². The molecule has 5 heteroatoms. The third-order valence-electron chi connectivity index (χ3n) is 2.65. The summed E-state index contributed by atoms with van der Waals surface area (Å²) in [7, 11) is 0. The van der Waals surface area contributed by atoms with Gasteiger partial charge in [0.25, 0.3) is 0 Å². The van der Waals surface area contributed by atoms with Crippen molar-refractivity contribution in [2.45, 2.75) is 25.7 Å². The van der Waals surface area contributed by atoms with E-state index in [0.29, 0.717) is 18.2 Å². The highest BCUT2D eigenvalue weighted by atomic mass is 32.2. The lowest BCUT2D eigenvalue weighted by Crippen LogP contribution is -2.13. The van der Waals surface area contributed by atoms with Gasteiger partial charge in [-0.2, -0.15) is 16.7 Å². The van der Waals surface area contributed by atoms with E-state index in [9.17, 15) is 0 Å². The Bertz CT molecular complexity index is 297. The molecule has 0 aromatic carbocycles. The van der Waals surface area contributed by atoms with E-state index in [1.807, 2.05) is 11.8 Å². The van der Waals surface area contributed by atoms with Crippen molar-refractivity contribution in [3.05, 3.63) is 11.7 Å². The smallest absolute Gasteiger partial charge is 0.228 e. The zero-order valence-corrected chi connectivity index (χ0v) is 9.50. The predicted molar refractivity (Wildman–Crippen MR) is 58.8 cm³/mol. The van der Waals surface area contributed by atoms with E-state index >= 15 is 0 Å². The molecule has 0 bridgehead atoms. The molecule has 0 atom stereocenters. The number of aliphatic hydroxyl groups excluding tert-OH is 1. The lowest BCUT2D eigenvalue weighted by atomic mass is 9.99. The van der Waals surface area contributed by atoms with Crippen LogP contribution in [0.1, 0.15) is 24.6 Å². The zero-order valence-electron chi connectivity index (χ0n) is 8.69. The summed E-state index contributed by atoms with van der Waals surface area (Å²) in [6.45, 7) is 0.0711. The van der Waals surface area contributed by atoms with Crippen LogP contribution in [0.3, 0.4) is 0 Å². The summed E-state index contributed by atoms with van der Waals surface area (Å²) in [6.07, 6.45) is 3.91. The molecule has 0 amide bonds. The van der Waals surface area contributed by atoms with E-state index < -0.39 is 0 Å². The predicted octanol–water partition coefficient (Wildman–Crippen LogP) is 1.29. The Morgan fingerprint density at radius 1 is 1.40 bits per heavy atom. The maximum atomic E-state index is 8.72. The Kier molecular flexibility index (Phi) is 4.02. The second-order valence-electron chi connectivity index (χ2n) is 3.84. The van der Waals surface area contributed by atoms with Gasteiger partial charge in [-0.3, -0.25) is 0 Å². The maximum absolute atomic E-state index is 8.72. The van der Waals surface area contributed by atoms with Gasteiger partial charge in [0, 0.05) is 6.42 Å². The van der Waals surface area contributed by atoms with Crippen molar-refractivity contribution in [1.82, 2.24) is 10.1 Å². The summed E-state index contributed by atoms with van der Waals surface area (Å²) in [5.41, 5.74) is 0. The van der Waals surface area contributed by atoms with Gasteiger partial charge in [-0.25, -0.2) is 0 Å². The van der Waals surface area contributed by atoms with E-state index in [1.165, 1.54) is 24.3 Å². The van der Waals surface area contributed by atoms with Crippen LogP contribution in [-0.4, -0.2) is 33.4 Å². The van der Waals surface area contributed by atoms with Crippen molar-refractivity contribution in [1.29, 1.82) is 0 Å². The first-order valence-corrected chi connectivity index (χ1v) is 6.54. The molecule has 0 spiro atoms. The van der Waals surface area contributed by atoms with Crippen molar-refractivity contribution in [3.8, 4) is 0 Å². The molecule has 1 saturated heterocycles. The van der Waals surface area contributed by atoms with E-state index in [1.54, 1.807) is 0 Å². The van der Waals surface area contributed by atoms with Crippen molar-refractivity contribution in [3.63, 3.8) is 0 Å². The van der Waals surface area contributed by atoms with Crippen LogP contribution >= 0.6 is 11.8 Å². The van der Waals surface area contributed by atoms with Gasteiger partial charge < -0.3 is 9.63 Å². The van der Waals surface area contributed by atoms with Crippen LogP contribution < -0.4 is 0 Å². The van der Waals surface area contributed by atoms with Crippen LogP contribution in [0.25, 0.3) is 0 Å². The molecule has 0 saturated carbocycles. The molecular formula is C10H16N2O2S. The first-order valence-electron chi connectivity index (χ1n) is 5.38. The molecule has 4 nitrogen and oxygen atoms in total. The molecule has 0 unspecified atom stereocenters. The molecule has 1 aromatic heterocycles. The van der Waals surface area contributed by atoms with Crippen molar-refractivity contribution in [2.75, 3.05) is 18.1 Å². The van der Waals surface area contributed by atoms with Gasteiger partial charge in [0.2, 0.25) is 5.89 Å². The fourth-order valence-corrected chi connectivity index (χ4v) is 2.98. The quantitative estimate of drug-likeness (QED) is 0.841. The van der Waals surface area contributed by atoms with Gasteiger partial charge in [-0.1, -0.05) is 5.16 Å². The lowest BCUT2D eigenvalue weighted by Gasteiger charge is -2.19. The number of rotatable bonds is 4. The molecular weight excluding hydrogens is 212 g/mol. The summed E-state index contributed by atoms with van der Waals surface area (Å²) < 4.78 is 5.02. The SMILES string of the molecule is OCCc1nc(CC2CCSCC2)no1. The van der Waals surface area contributed by atoms with Crippen LogP contribution in [0.5, 0.6) is 0 Å². The van der Waals surface area contributed by atoms with Gasteiger partial charge in [-0.15, -0.1) is 0 Å². The molecule has 2 rings (SSSR count). The average Bonchev–Trinajstić information content (AvgIpc) is 2.68. The van der Waals surface area contributed by atoms with Gasteiger partial charge in [0.1, 0.15) is 0 Å². The second kappa shape index (κ2) is 5.51. The average molecular weight is 228 g/mol. The molecule has 15 heavy (non-hydrogen) atoms. The molecule has 2 heterocycles. The van der Waals surface area contributed by atoms with E-state index in [4.69, 9.17) is 9.63 Å². The van der Waals surface area contributed by atoms with Crippen LogP contribution in [-0.2, 0) is 12.8 Å². The first-order chi connectivity index (χ1) is 7.38.